The molecule has 2 aliphatic rings. The quantitative estimate of drug-likeness (QED) is 0.519. The van der Waals surface area contributed by atoms with Crippen LogP contribution >= 0.6 is 0 Å². The van der Waals surface area contributed by atoms with E-state index in [1.54, 1.807) is 6.20 Å². The maximum atomic E-state index is 12.6. The van der Waals surface area contributed by atoms with E-state index in [-0.39, 0.29) is 23.3 Å². The first-order valence-corrected chi connectivity index (χ1v) is 11.7. The van der Waals surface area contributed by atoms with Gasteiger partial charge in [-0.25, -0.2) is 4.79 Å². The van der Waals surface area contributed by atoms with Crippen LogP contribution in [0.25, 0.3) is 5.70 Å². The Kier molecular flexibility index (Phi) is 7.29. The Morgan fingerprint density at radius 3 is 2.39 bits per heavy atom. The first-order chi connectivity index (χ1) is 15.3. The van der Waals surface area contributed by atoms with Crippen LogP contribution in [-0.2, 0) is 14.0 Å². The molecule has 1 atom stereocenters. The van der Waals surface area contributed by atoms with Crippen molar-refractivity contribution in [2.45, 2.75) is 84.2 Å². The van der Waals surface area contributed by atoms with Gasteiger partial charge in [-0.1, -0.05) is 24.3 Å². The molecule has 0 spiro atoms. The summed E-state index contributed by atoms with van der Waals surface area (Å²) in [4.78, 5) is 18.4. The Labute approximate surface area is 198 Å². The van der Waals surface area contributed by atoms with Crippen LogP contribution in [0.2, 0.25) is 0 Å². The third kappa shape index (κ3) is 5.98. The topological polar surface area (TPSA) is 72.4 Å². The van der Waals surface area contributed by atoms with Crippen molar-refractivity contribution in [2.75, 3.05) is 13.1 Å². The zero-order valence-corrected chi connectivity index (χ0v) is 21.1. The molecule has 0 aromatic heterocycles. The lowest BCUT2D eigenvalue weighted by atomic mass is 9.79. The maximum absolute atomic E-state index is 12.6. The Hall–Kier alpha value is -2.32. The molecule has 2 heterocycles. The van der Waals surface area contributed by atoms with Gasteiger partial charge in [-0.2, -0.15) is 0 Å². The molecule has 1 aromatic carbocycles. The van der Waals surface area contributed by atoms with Crippen molar-refractivity contribution in [1.82, 2.24) is 10.2 Å². The summed E-state index contributed by atoms with van der Waals surface area (Å²) in [6.45, 7) is 18.8. The highest BCUT2D eigenvalue weighted by Gasteiger charge is 2.51. The highest BCUT2D eigenvalue weighted by molar-refractivity contribution is 6.62. The second-order valence-corrected chi connectivity index (χ2v) is 10.8. The van der Waals surface area contributed by atoms with Crippen LogP contribution in [0.3, 0.4) is 0 Å². The fourth-order valence-corrected chi connectivity index (χ4v) is 3.95. The van der Waals surface area contributed by atoms with Crippen molar-refractivity contribution in [3.05, 3.63) is 36.0 Å². The maximum Gasteiger partial charge on any atom is 0.494 e. The number of nitrogens with zero attached hydrogens (tertiary/aromatic N) is 2. The number of aliphatic imine (C=N–C) groups is 1. The number of ether oxygens (including phenoxy) is 1. The molecule has 0 radical (unpaired) electrons. The van der Waals surface area contributed by atoms with E-state index in [1.807, 2.05) is 77.6 Å². The average Bonchev–Trinajstić information content (AvgIpc) is 3.26. The minimum Gasteiger partial charge on any atom is -0.444 e. The van der Waals surface area contributed by atoms with Gasteiger partial charge in [0.05, 0.1) is 22.9 Å². The van der Waals surface area contributed by atoms with Crippen molar-refractivity contribution < 1.29 is 18.8 Å². The first kappa shape index (κ1) is 25.3. The van der Waals surface area contributed by atoms with Crippen molar-refractivity contribution >= 4 is 31.1 Å². The summed E-state index contributed by atoms with van der Waals surface area (Å²) in [6, 6.07) is 8.13. The fourth-order valence-electron chi connectivity index (χ4n) is 3.95. The van der Waals surface area contributed by atoms with Gasteiger partial charge < -0.3 is 24.3 Å². The van der Waals surface area contributed by atoms with Crippen LogP contribution < -0.4 is 10.8 Å². The molecule has 3 rings (SSSR count). The summed E-state index contributed by atoms with van der Waals surface area (Å²) in [5.41, 5.74) is 1.53. The van der Waals surface area contributed by atoms with Gasteiger partial charge in [0, 0.05) is 19.3 Å². The molecule has 2 saturated heterocycles. The SMILES string of the molecule is C=N/C=C(\NCC1CCCN1C(=O)OC(C)(C)C)c1ccc(B2OC(C)(C)C(C)(C)O2)cc1. The van der Waals surface area contributed by atoms with Gasteiger partial charge in [-0.05, 0) is 79.1 Å². The Bertz CT molecular complexity index is 874. The van der Waals surface area contributed by atoms with Crippen molar-refractivity contribution in [1.29, 1.82) is 0 Å². The van der Waals surface area contributed by atoms with E-state index in [2.05, 4.69) is 17.0 Å². The molecular formula is C25H38BN3O4. The van der Waals surface area contributed by atoms with Crippen LogP contribution in [0.4, 0.5) is 4.79 Å². The molecule has 1 aromatic rings. The number of amides is 1. The molecule has 0 aliphatic carbocycles. The van der Waals surface area contributed by atoms with Gasteiger partial charge in [-0.3, -0.25) is 4.99 Å². The smallest absolute Gasteiger partial charge is 0.444 e. The lowest BCUT2D eigenvalue weighted by Crippen LogP contribution is -2.43. The van der Waals surface area contributed by atoms with E-state index < -0.39 is 12.7 Å². The highest BCUT2D eigenvalue weighted by Crippen LogP contribution is 2.36. The molecular weight excluding hydrogens is 417 g/mol. The summed E-state index contributed by atoms with van der Waals surface area (Å²) < 4.78 is 17.9. The molecule has 8 heteroatoms. The number of carbonyl (C=O) groups excluding carboxylic acids is 1. The fraction of sp³-hybridized carbons (Fsp3) is 0.600. The molecule has 1 amide bonds. The molecule has 33 heavy (non-hydrogen) atoms. The monoisotopic (exact) mass is 455 g/mol. The minimum atomic E-state index is -0.506. The average molecular weight is 455 g/mol. The molecule has 1 unspecified atom stereocenters. The van der Waals surface area contributed by atoms with Gasteiger partial charge in [0.1, 0.15) is 5.60 Å². The van der Waals surface area contributed by atoms with Crippen LogP contribution in [0, 0.1) is 0 Å². The van der Waals surface area contributed by atoms with E-state index in [0.29, 0.717) is 13.1 Å². The van der Waals surface area contributed by atoms with E-state index in [4.69, 9.17) is 14.0 Å². The predicted molar refractivity (Wildman–Crippen MR) is 134 cm³/mol. The van der Waals surface area contributed by atoms with Gasteiger partial charge in [0.15, 0.2) is 0 Å². The van der Waals surface area contributed by atoms with Gasteiger partial charge in [-0.15, -0.1) is 0 Å². The van der Waals surface area contributed by atoms with Gasteiger partial charge in [0.2, 0.25) is 0 Å². The second-order valence-electron chi connectivity index (χ2n) is 10.8. The molecule has 7 nitrogen and oxygen atoms in total. The van der Waals surface area contributed by atoms with Gasteiger partial charge in [0.25, 0.3) is 0 Å². The Morgan fingerprint density at radius 1 is 1.24 bits per heavy atom. The number of hydrogen-bond donors (Lipinski definition) is 1. The summed E-state index contributed by atoms with van der Waals surface area (Å²) in [7, 11) is -0.400. The van der Waals surface area contributed by atoms with Crippen LogP contribution in [0.5, 0.6) is 0 Å². The second kappa shape index (κ2) is 9.51. The van der Waals surface area contributed by atoms with E-state index >= 15 is 0 Å². The lowest BCUT2D eigenvalue weighted by molar-refractivity contribution is 0.00578. The predicted octanol–water partition coefficient (Wildman–Crippen LogP) is 3.97. The number of benzene rings is 1. The molecule has 2 fully saturated rings. The molecule has 1 N–H and O–H groups in total. The van der Waals surface area contributed by atoms with E-state index in [1.165, 1.54) is 0 Å². The third-order valence-electron chi connectivity index (χ3n) is 6.50. The van der Waals surface area contributed by atoms with Crippen LogP contribution in [0.15, 0.2) is 35.5 Å². The van der Waals surface area contributed by atoms with E-state index in [0.717, 1.165) is 29.6 Å². The summed E-state index contributed by atoms with van der Waals surface area (Å²) in [6.07, 6.45) is 3.34. The molecule has 2 aliphatic heterocycles. The van der Waals surface area contributed by atoms with Crippen molar-refractivity contribution in [2.24, 2.45) is 4.99 Å². The van der Waals surface area contributed by atoms with Crippen molar-refractivity contribution in [3.8, 4) is 0 Å². The largest absolute Gasteiger partial charge is 0.494 e. The molecule has 0 bridgehead atoms. The number of nitrogens with one attached hydrogen (secondary N) is 1. The third-order valence-corrected chi connectivity index (χ3v) is 6.50. The molecule has 0 saturated carbocycles. The lowest BCUT2D eigenvalue weighted by Gasteiger charge is -2.32. The summed E-state index contributed by atoms with van der Waals surface area (Å²) in [5, 5.41) is 3.46. The number of rotatable bonds is 6. The minimum absolute atomic E-state index is 0.0668. The summed E-state index contributed by atoms with van der Waals surface area (Å²) >= 11 is 0. The van der Waals surface area contributed by atoms with E-state index in [9.17, 15) is 4.79 Å². The standard InChI is InChI=1S/C25H38BN3O4/c1-23(2,3)31-22(30)29-15-9-10-20(29)16-28-21(17-27-8)18-11-13-19(14-12-18)26-32-24(4,5)25(6,7)33-26/h11-14,17,20,28H,8-10,15-16H2,1-7H3/b21-17-. The Balaban J connectivity index is 1.66. The van der Waals surface area contributed by atoms with Crippen LogP contribution in [0.1, 0.15) is 66.9 Å². The van der Waals surface area contributed by atoms with Gasteiger partial charge >= 0.3 is 13.2 Å². The van der Waals surface area contributed by atoms with Crippen molar-refractivity contribution in [3.63, 3.8) is 0 Å². The number of hydrogen-bond acceptors (Lipinski definition) is 6. The zero-order valence-electron chi connectivity index (χ0n) is 21.1. The normalized spacial score (nSPS) is 22.4. The first-order valence-electron chi connectivity index (χ1n) is 11.7. The Morgan fingerprint density at radius 2 is 1.85 bits per heavy atom. The highest BCUT2D eigenvalue weighted by atomic mass is 16.7. The zero-order chi connectivity index (χ0) is 24.4. The number of carbonyl (C=O) groups is 1. The van der Waals surface area contributed by atoms with Crippen LogP contribution in [-0.4, -0.2) is 60.8 Å². The molecule has 180 valence electrons. The number of likely N-dealkylation sites (tertiary alicyclic amines) is 1. The summed E-state index contributed by atoms with van der Waals surface area (Å²) in [5.74, 6) is 0.